The van der Waals surface area contributed by atoms with E-state index in [4.69, 9.17) is 17.3 Å². The molecule has 0 radical (unpaired) electrons. The summed E-state index contributed by atoms with van der Waals surface area (Å²) in [7, 11) is 0. The predicted molar refractivity (Wildman–Crippen MR) is 119 cm³/mol. The zero-order valence-corrected chi connectivity index (χ0v) is 18.2. The zero-order chi connectivity index (χ0) is 20.5. The molecule has 5 nitrogen and oxygen atoms in total. The van der Waals surface area contributed by atoms with Crippen LogP contribution in [0.5, 0.6) is 0 Å². The maximum absolute atomic E-state index is 13.0. The lowest BCUT2D eigenvalue weighted by atomic mass is 10.0. The fourth-order valence-electron chi connectivity index (χ4n) is 3.78. The summed E-state index contributed by atoms with van der Waals surface area (Å²) in [5.41, 5.74) is 11.6. The van der Waals surface area contributed by atoms with Gasteiger partial charge in [0.2, 0.25) is 0 Å². The van der Waals surface area contributed by atoms with Gasteiger partial charge in [-0.15, -0.1) is 11.3 Å². The molecule has 1 aliphatic heterocycles. The number of aromatic nitrogens is 2. The number of amides is 1. The Bertz CT molecular complexity index is 1060. The van der Waals surface area contributed by atoms with E-state index in [0.717, 1.165) is 30.6 Å². The number of nitrogens with one attached hydrogen (secondary N) is 1. The van der Waals surface area contributed by atoms with Gasteiger partial charge in [-0.25, -0.2) is 0 Å². The first-order valence-corrected chi connectivity index (χ1v) is 11.1. The van der Waals surface area contributed by atoms with Gasteiger partial charge in [-0.1, -0.05) is 29.8 Å². The van der Waals surface area contributed by atoms with Crippen LogP contribution in [0, 0.1) is 13.8 Å². The Labute approximate surface area is 179 Å². The maximum Gasteiger partial charge on any atom is 0.261 e. The second-order valence-electron chi connectivity index (χ2n) is 7.64. The van der Waals surface area contributed by atoms with Crippen molar-refractivity contribution in [2.24, 2.45) is 5.73 Å². The van der Waals surface area contributed by atoms with Crippen molar-refractivity contribution in [1.82, 2.24) is 15.1 Å². The molecule has 0 saturated carbocycles. The van der Waals surface area contributed by atoms with E-state index < -0.39 is 0 Å². The molecule has 7 heteroatoms. The van der Waals surface area contributed by atoms with Crippen LogP contribution in [0.25, 0.3) is 11.3 Å². The minimum atomic E-state index is -0.111. The topological polar surface area (TPSA) is 72.9 Å². The number of nitrogens with zero attached hydrogens (tertiary/aromatic N) is 2. The molecule has 3 heterocycles. The molecule has 29 heavy (non-hydrogen) atoms. The Balaban J connectivity index is 1.53. The molecule has 4 rings (SSSR count). The van der Waals surface area contributed by atoms with Gasteiger partial charge in [-0.3, -0.25) is 9.48 Å². The highest BCUT2D eigenvalue weighted by Gasteiger charge is 2.24. The Hall–Kier alpha value is -2.15. The quantitative estimate of drug-likeness (QED) is 0.641. The number of carbonyl (C=O) groups excluding carboxylic acids is 1. The van der Waals surface area contributed by atoms with Gasteiger partial charge in [0.25, 0.3) is 5.91 Å². The minimum Gasteiger partial charge on any atom is -0.347 e. The van der Waals surface area contributed by atoms with Crippen molar-refractivity contribution in [2.45, 2.75) is 45.7 Å². The van der Waals surface area contributed by atoms with Crippen molar-refractivity contribution >= 4 is 28.8 Å². The van der Waals surface area contributed by atoms with E-state index in [1.165, 1.54) is 21.6 Å². The summed E-state index contributed by atoms with van der Waals surface area (Å²) in [4.78, 5) is 14.8. The highest BCUT2D eigenvalue weighted by atomic mass is 35.5. The normalized spacial score (nSPS) is 14.1. The lowest BCUT2D eigenvalue weighted by Gasteiger charge is -2.17. The molecule has 0 bridgehead atoms. The first kappa shape index (κ1) is 20.1. The van der Waals surface area contributed by atoms with Gasteiger partial charge < -0.3 is 11.1 Å². The second-order valence-corrected chi connectivity index (χ2v) is 9.19. The average Bonchev–Trinajstić information content (AvgIpc) is 3.23. The Kier molecular flexibility index (Phi) is 5.76. The van der Waals surface area contributed by atoms with E-state index in [1.807, 2.05) is 10.7 Å². The minimum absolute atomic E-state index is 0.0791. The number of benzene rings is 1. The van der Waals surface area contributed by atoms with Crippen molar-refractivity contribution in [3.05, 3.63) is 61.9 Å². The largest absolute Gasteiger partial charge is 0.347 e. The monoisotopic (exact) mass is 428 g/mol. The first-order chi connectivity index (χ1) is 14.0. The van der Waals surface area contributed by atoms with Gasteiger partial charge in [-0.2, -0.15) is 5.10 Å². The molecular formula is C22H25ClN4OS. The fourth-order valence-corrected chi connectivity index (χ4v) is 5.13. The van der Waals surface area contributed by atoms with Crippen molar-refractivity contribution in [1.29, 1.82) is 0 Å². The summed E-state index contributed by atoms with van der Waals surface area (Å²) in [6, 6.07) is 8.22. The van der Waals surface area contributed by atoms with Crippen LogP contribution in [-0.2, 0) is 19.4 Å². The van der Waals surface area contributed by atoms with Gasteiger partial charge in [-0.05, 0) is 55.9 Å². The molecule has 2 aromatic heterocycles. The lowest BCUT2D eigenvalue weighted by molar-refractivity contribution is 0.0942. The Morgan fingerprint density at radius 1 is 1.34 bits per heavy atom. The van der Waals surface area contributed by atoms with E-state index in [9.17, 15) is 4.79 Å². The highest BCUT2D eigenvalue weighted by molar-refractivity contribution is 7.14. The van der Waals surface area contributed by atoms with E-state index in [-0.39, 0.29) is 11.9 Å². The summed E-state index contributed by atoms with van der Waals surface area (Å²) >= 11 is 7.91. The van der Waals surface area contributed by atoms with Gasteiger partial charge in [0.05, 0.1) is 21.8 Å². The SMILES string of the molecule is Cc1ccc(CC(CN)NC(=O)c2cc3c(s2)CCCn2ncc(Cl)c2-3)cc1C. The van der Waals surface area contributed by atoms with Gasteiger partial charge in [0, 0.05) is 29.6 Å². The van der Waals surface area contributed by atoms with Gasteiger partial charge in [0.1, 0.15) is 0 Å². The summed E-state index contributed by atoms with van der Waals surface area (Å²) < 4.78 is 1.94. The van der Waals surface area contributed by atoms with Crippen molar-refractivity contribution < 1.29 is 4.79 Å². The molecule has 0 aliphatic carbocycles. The summed E-state index contributed by atoms with van der Waals surface area (Å²) in [5.74, 6) is -0.0791. The summed E-state index contributed by atoms with van der Waals surface area (Å²) in [6.45, 7) is 5.43. The third-order valence-corrected chi connectivity index (χ3v) is 7.00. The Morgan fingerprint density at radius 2 is 2.17 bits per heavy atom. The van der Waals surface area contributed by atoms with Crippen LogP contribution >= 0.6 is 22.9 Å². The van der Waals surface area contributed by atoms with Crippen LogP contribution in [-0.4, -0.2) is 28.3 Å². The molecule has 3 N–H and O–H groups in total. The molecule has 3 aromatic rings. The number of aryl methyl sites for hydroxylation is 4. The van der Waals surface area contributed by atoms with Crippen LogP contribution in [0.3, 0.4) is 0 Å². The number of fused-ring (bicyclic) bond motifs is 3. The summed E-state index contributed by atoms with van der Waals surface area (Å²) in [6.07, 6.45) is 4.30. The van der Waals surface area contributed by atoms with Crippen LogP contribution < -0.4 is 11.1 Å². The smallest absolute Gasteiger partial charge is 0.261 e. The van der Waals surface area contributed by atoms with Gasteiger partial charge >= 0.3 is 0 Å². The lowest BCUT2D eigenvalue weighted by Crippen LogP contribution is -2.41. The molecule has 1 unspecified atom stereocenters. The number of nitrogens with two attached hydrogens (primary N) is 1. The number of hydrogen-bond acceptors (Lipinski definition) is 4. The molecule has 152 valence electrons. The number of rotatable bonds is 5. The van der Waals surface area contributed by atoms with Crippen molar-refractivity contribution in [3.8, 4) is 11.3 Å². The number of halogens is 1. The molecule has 1 atom stereocenters. The summed E-state index contributed by atoms with van der Waals surface area (Å²) in [5, 5.41) is 8.11. The average molecular weight is 429 g/mol. The number of hydrogen-bond donors (Lipinski definition) is 2. The fraction of sp³-hybridized carbons (Fsp3) is 0.364. The third kappa shape index (κ3) is 4.10. The molecule has 0 saturated heterocycles. The van der Waals surface area contributed by atoms with Crippen LogP contribution in [0.4, 0.5) is 0 Å². The molecule has 0 fully saturated rings. The zero-order valence-electron chi connectivity index (χ0n) is 16.7. The van der Waals surface area contributed by atoms with Crippen molar-refractivity contribution in [3.63, 3.8) is 0 Å². The number of carbonyl (C=O) groups is 1. The molecular weight excluding hydrogens is 404 g/mol. The van der Waals surface area contributed by atoms with E-state index in [1.54, 1.807) is 17.5 Å². The molecule has 0 spiro atoms. The molecule has 1 aliphatic rings. The first-order valence-electron chi connectivity index (χ1n) is 9.87. The standard InChI is InChI=1S/C22H25ClN4OS/c1-13-5-6-15(8-14(13)2)9-16(11-24)26-22(28)20-10-17-19(29-20)4-3-7-27-21(17)18(23)12-25-27/h5-6,8,10,12,16H,3-4,7,9,11,24H2,1-2H3,(H,26,28). The van der Waals surface area contributed by atoms with E-state index in [2.05, 4.69) is 42.5 Å². The van der Waals surface area contributed by atoms with Crippen LogP contribution in [0.15, 0.2) is 30.5 Å². The van der Waals surface area contributed by atoms with Crippen LogP contribution in [0.1, 0.15) is 37.7 Å². The number of thiophene rings is 1. The third-order valence-electron chi connectivity index (χ3n) is 5.53. The predicted octanol–water partition coefficient (Wildman–Crippen LogP) is 4.13. The second kappa shape index (κ2) is 8.30. The highest BCUT2D eigenvalue weighted by Crippen LogP contribution is 2.38. The Morgan fingerprint density at radius 3 is 2.93 bits per heavy atom. The maximum atomic E-state index is 13.0. The van der Waals surface area contributed by atoms with Gasteiger partial charge in [0.15, 0.2) is 0 Å². The van der Waals surface area contributed by atoms with E-state index in [0.29, 0.717) is 22.9 Å². The van der Waals surface area contributed by atoms with Crippen LogP contribution in [0.2, 0.25) is 5.02 Å². The molecule has 1 amide bonds. The van der Waals surface area contributed by atoms with E-state index >= 15 is 0 Å². The molecule has 1 aromatic carbocycles. The van der Waals surface area contributed by atoms with Crippen molar-refractivity contribution in [2.75, 3.05) is 6.54 Å².